The molecule has 5 aromatic rings. The lowest BCUT2D eigenvalue weighted by Crippen LogP contribution is -2.52. The Morgan fingerprint density at radius 1 is 0.829 bits per heavy atom. The molecule has 0 spiro atoms. The van der Waals surface area contributed by atoms with Crippen LogP contribution in [0.4, 0.5) is 5.82 Å². The van der Waals surface area contributed by atoms with E-state index in [1.54, 1.807) is 0 Å². The van der Waals surface area contributed by atoms with E-state index in [0.29, 0.717) is 5.82 Å². The maximum atomic E-state index is 12.8. The summed E-state index contributed by atoms with van der Waals surface area (Å²) in [6.07, 6.45) is -1.83. The van der Waals surface area contributed by atoms with Gasteiger partial charge in [0.1, 0.15) is 42.7 Å². The van der Waals surface area contributed by atoms with Gasteiger partial charge in [0.2, 0.25) is 0 Å². The van der Waals surface area contributed by atoms with Crippen LogP contribution in [0.25, 0.3) is 10.2 Å². The number of ether oxygens (including phenoxy) is 3. The predicted octanol–water partition coefficient (Wildman–Crippen LogP) is 5.63. The van der Waals surface area contributed by atoms with Crippen LogP contribution < -0.4 is 5.73 Å². The monoisotopic (exact) mass is 565 g/mol. The summed E-state index contributed by atoms with van der Waals surface area (Å²) >= 11 is 1.48. The number of aromatic nitrogens is 2. The van der Waals surface area contributed by atoms with E-state index in [0.717, 1.165) is 32.5 Å². The highest BCUT2D eigenvalue weighted by molar-refractivity contribution is 7.18. The van der Waals surface area contributed by atoms with Crippen molar-refractivity contribution in [2.75, 3.05) is 5.73 Å². The molecule has 0 radical (unpaired) electrons. The molecule has 5 atom stereocenters. The lowest BCUT2D eigenvalue weighted by atomic mass is 9.64. The van der Waals surface area contributed by atoms with Crippen molar-refractivity contribution in [3.63, 3.8) is 0 Å². The van der Waals surface area contributed by atoms with Crippen molar-refractivity contribution >= 4 is 27.4 Å². The van der Waals surface area contributed by atoms with Crippen molar-refractivity contribution in [1.29, 1.82) is 0 Å². The summed E-state index contributed by atoms with van der Waals surface area (Å²) in [5.41, 5.74) is 9.65. The number of fused-ring (bicyclic) bond motifs is 2. The summed E-state index contributed by atoms with van der Waals surface area (Å²) in [5, 5.41) is 14.8. The average molecular weight is 566 g/mol. The van der Waals surface area contributed by atoms with Gasteiger partial charge in [0.15, 0.2) is 5.79 Å². The van der Waals surface area contributed by atoms with Crippen LogP contribution in [-0.4, -0.2) is 45.3 Å². The molecule has 41 heavy (non-hydrogen) atoms. The van der Waals surface area contributed by atoms with Gasteiger partial charge in [-0.3, -0.25) is 0 Å². The Balaban J connectivity index is 1.41. The fraction of sp³-hybridized carbons (Fsp3) is 0.273. The molecule has 2 aliphatic rings. The third-order valence-electron chi connectivity index (χ3n) is 8.25. The predicted molar refractivity (Wildman–Crippen MR) is 158 cm³/mol. The number of thiophene rings is 1. The molecule has 0 bridgehead atoms. The molecule has 7 nitrogen and oxygen atoms in total. The summed E-state index contributed by atoms with van der Waals surface area (Å²) in [6.45, 7) is 3.80. The van der Waals surface area contributed by atoms with Crippen LogP contribution in [0.3, 0.4) is 0 Å². The first-order valence-corrected chi connectivity index (χ1v) is 14.6. The summed E-state index contributed by atoms with van der Waals surface area (Å²) < 4.78 is 20.6. The van der Waals surface area contributed by atoms with Crippen LogP contribution in [0, 0.1) is 0 Å². The maximum absolute atomic E-state index is 12.8. The number of aliphatic hydroxyl groups excluding tert-OH is 1. The summed E-state index contributed by atoms with van der Waals surface area (Å²) in [5.74, 6) is -0.429. The molecule has 1 unspecified atom stereocenters. The van der Waals surface area contributed by atoms with Crippen molar-refractivity contribution in [2.45, 2.75) is 55.6 Å². The smallest absolute Gasteiger partial charge is 0.164 e. The number of anilines is 1. The molecule has 2 aliphatic heterocycles. The van der Waals surface area contributed by atoms with E-state index in [1.165, 1.54) is 17.7 Å². The normalized spacial score (nSPS) is 24.4. The fourth-order valence-electron chi connectivity index (χ4n) is 6.58. The molecule has 208 valence electrons. The van der Waals surface area contributed by atoms with Crippen LogP contribution in [0.15, 0.2) is 103 Å². The van der Waals surface area contributed by atoms with Gasteiger partial charge in [0.05, 0.1) is 15.6 Å². The Morgan fingerprint density at radius 2 is 1.37 bits per heavy atom. The van der Waals surface area contributed by atoms with Crippen molar-refractivity contribution in [3.8, 4) is 0 Å². The van der Waals surface area contributed by atoms with E-state index in [2.05, 4.69) is 46.4 Å². The number of nitrogen functional groups attached to an aromatic ring is 1. The highest BCUT2D eigenvalue weighted by Gasteiger charge is 2.61. The fourth-order valence-corrected chi connectivity index (χ4v) is 7.53. The number of nitrogens with two attached hydrogens (primary N) is 1. The number of benzene rings is 3. The second-order valence-electron chi connectivity index (χ2n) is 11.1. The Labute approximate surface area is 242 Å². The van der Waals surface area contributed by atoms with Gasteiger partial charge in [-0.1, -0.05) is 91.0 Å². The zero-order valence-corrected chi connectivity index (χ0v) is 23.6. The van der Waals surface area contributed by atoms with Gasteiger partial charge in [-0.2, -0.15) is 0 Å². The Hall–Kier alpha value is -3.66. The minimum absolute atomic E-state index is 0.428. The SMILES string of the molecule is CC1(C)O[C@@H]2[C@H](O1)[C@@H](C(O)C(c1ccccc1)(c1ccccc1)c1ccccc1)O[C@H]2c1csc2c(N)ncnc12. The highest BCUT2D eigenvalue weighted by Crippen LogP contribution is 2.52. The lowest BCUT2D eigenvalue weighted by Gasteiger charge is -2.43. The van der Waals surface area contributed by atoms with Crippen LogP contribution in [0.2, 0.25) is 0 Å². The van der Waals surface area contributed by atoms with Crippen LogP contribution in [0.5, 0.6) is 0 Å². The molecule has 0 aliphatic carbocycles. The summed E-state index contributed by atoms with van der Waals surface area (Å²) in [4.78, 5) is 8.69. The number of nitrogens with zero attached hydrogens (tertiary/aromatic N) is 2. The zero-order chi connectivity index (χ0) is 28.2. The molecule has 0 amide bonds. The van der Waals surface area contributed by atoms with E-state index in [4.69, 9.17) is 19.9 Å². The van der Waals surface area contributed by atoms with Crippen LogP contribution in [-0.2, 0) is 19.6 Å². The second-order valence-corrected chi connectivity index (χ2v) is 11.9. The van der Waals surface area contributed by atoms with E-state index >= 15 is 0 Å². The first kappa shape index (κ1) is 26.3. The number of rotatable bonds is 6. The molecule has 8 heteroatoms. The Morgan fingerprint density at radius 3 is 1.93 bits per heavy atom. The third kappa shape index (κ3) is 4.17. The van der Waals surface area contributed by atoms with Crippen molar-refractivity contribution < 1.29 is 19.3 Å². The van der Waals surface area contributed by atoms with Gasteiger partial charge in [-0.05, 0) is 35.9 Å². The molecule has 3 N–H and O–H groups in total. The van der Waals surface area contributed by atoms with Gasteiger partial charge in [-0.25, -0.2) is 9.97 Å². The molecule has 0 saturated carbocycles. The summed E-state index contributed by atoms with van der Waals surface area (Å²) in [6, 6.07) is 30.4. The molecule has 7 rings (SSSR count). The standard InChI is InChI=1S/C33H31N3O4S/c1-32(2)39-26-25(23-18-41-29-24(23)35-19-36-31(29)34)38-28(27(26)40-32)30(37)33(20-12-6-3-7-13-20,21-14-8-4-9-15-21)22-16-10-5-11-17-22/h3-19,25-28,30,37H,1-2H3,(H2,34,35,36)/t25-,26-,27-,28-,30?/m0/s1. The van der Waals surface area contributed by atoms with E-state index in [1.807, 2.05) is 73.8 Å². The van der Waals surface area contributed by atoms with Crippen LogP contribution >= 0.6 is 11.3 Å². The first-order valence-electron chi connectivity index (χ1n) is 13.7. The van der Waals surface area contributed by atoms with Gasteiger partial charge in [0.25, 0.3) is 0 Å². The second kappa shape index (κ2) is 10.0. The van der Waals surface area contributed by atoms with E-state index < -0.39 is 41.7 Å². The van der Waals surface area contributed by atoms with Crippen molar-refractivity contribution in [3.05, 3.63) is 125 Å². The van der Waals surface area contributed by atoms with E-state index in [9.17, 15) is 5.11 Å². The van der Waals surface area contributed by atoms with Crippen LogP contribution in [0.1, 0.15) is 42.2 Å². The zero-order valence-electron chi connectivity index (χ0n) is 22.8. The topological polar surface area (TPSA) is 99.7 Å². The summed E-state index contributed by atoms with van der Waals surface area (Å²) in [7, 11) is 0. The molecular weight excluding hydrogens is 534 g/mol. The average Bonchev–Trinajstić information content (AvgIpc) is 3.66. The quantitative estimate of drug-likeness (QED) is 0.258. The van der Waals surface area contributed by atoms with Gasteiger partial charge in [0, 0.05) is 5.56 Å². The molecule has 4 heterocycles. The van der Waals surface area contributed by atoms with Crippen molar-refractivity contribution in [2.24, 2.45) is 0 Å². The Bertz CT molecular complexity index is 1570. The van der Waals surface area contributed by atoms with Crippen molar-refractivity contribution in [1.82, 2.24) is 9.97 Å². The molecule has 2 fully saturated rings. The van der Waals surface area contributed by atoms with Gasteiger partial charge < -0.3 is 25.1 Å². The highest BCUT2D eigenvalue weighted by atomic mass is 32.1. The lowest BCUT2D eigenvalue weighted by molar-refractivity contribution is -0.200. The first-order chi connectivity index (χ1) is 19.9. The maximum Gasteiger partial charge on any atom is 0.164 e. The molecule has 2 saturated heterocycles. The molecule has 3 aromatic carbocycles. The molecular formula is C33H31N3O4S. The van der Waals surface area contributed by atoms with Gasteiger partial charge >= 0.3 is 0 Å². The minimum atomic E-state index is -1.05. The number of aliphatic hydroxyl groups is 1. The minimum Gasteiger partial charge on any atom is -0.389 e. The number of hydrogen-bond donors (Lipinski definition) is 2. The largest absolute Gasteiger partial charge is 0.389 e. The number of hydrogen-bond acceptors (Lipinski definition) is 8. The van der Waals surface area contributed by atoms with E-state index in [-0.39, 0.29) is 0 Å². The third-order valence-corrected chi connectivity index (χ3v) is 9.26. The molecule has 2 aromatic heterocycles. The van der Waals surface area contributed by atoms with Gasteiger partial charge in [-0.15, -0.1) is 11.3 Å². The Kier molecular flexibility index (Phi) is 6.41.